The van der Waals surface area contributed by atoms with Crippen LogP contribution in [-0.2, 0) is 65.4 Å². The van der Waals surface area contributed by atoms with E-state index < -0.39 is 97.5 Å². The molecule has 0 aliphatic rings. The van der Waals surface area contributed by atoms with E-state index in [4.69, 9.17) is 37.0 Å². The molecule has 0 saturated carbocycles. The Morgan fingerprint density at radius 2 is 0.442 bits per heavy atom. The van der Waals surface area contributed by atoms with Crippen molar-refractivity contribution >= 4 is 39.5 Å². The lowest BCUT2D eigenvalue weighted by atomic mass is 10.0. The van der Waals surface area contributed by atoms with Crippen molar-refractivity contribution in [3.63, 3.8) is 0 Å². The Labute approximate surface area is 638 Å². The molecule has 0 aliphatic carbocycles. The summed E-state index contributed by atoms with van der Waals surface area (Å²) in [5.41, 5.74) is 0. The lowest BCUT2D eigenvalue weighted by Crippen LogP contribution is -2.30. The Hall–Kier alpha value is -1.94. The van der Waals surface area contributed by atoms with E-state index >= 15 is 0 Å². The zero-order valence-electron chi connectivity index (χ0n) is 68.2. The van der Waals surface area contributed by atoms with Crippen molar-refractivity contribution in [1.29, 1.82) is 0 Å². The van der Waals surface area contributed by atoms with Crippen molar-refractivity contribution in [2.45, 2.75) is 477 Å². The maximum atomic E-state index is 13.1. The quantitative estimate of drug-likeness (QED) is 0.0222. The second-order valence-electron chi connectivity index (χ2n) is 31.1. The molecule has 0 amide bonds. The van der Waals surface area contributed by atoms with E-state index in [2.05, 4.69) is 34.6 Å². The predicted molar refractivity (Wildman–Crippen MR) is 428 cm³/mol. The SMILES string of the molecule is CCCCCCCCCCCCCCCCCCCCCCCC(=O)O[C@H](COC(=O)CCCCCCCCCCCCCCC(C)C)COP(=O)(O)OC[C@@H](O)COP(=O)(O)OC[C@@H](COC(=O)CCCCCCCCCCCCCCC)OC(=O)CCCCCCCCCCCCCCCCC. The van der Waals surface area contributed by atoms with Crippen LogP contribution in [0.25, 0.3) is 0 Å². The summed E-state index contributed by atoms with van der Waals surface area (Å²) in [6, 6.07) is 0. The highest BCUT2D eigenvalue weighted by Gasteiger charge is 2.30. The minimum absolute atomic E-state index is 0.109. The summed E-state index contributed by atoms with van der Waals surface area (Å²) in [6.45, 7) is 7.38. The predicted octanol–water partition coefficient (Wildman–Crippen LogP) is 26.0. The Morgan fingerprint density at radius 1 is 0.260 bits per heavy atom. The van der Waals surface area contributed by atoms with Gasteiger partial charge in [-0.15, -0.1) is 0 Å². The van der Waals surface area contributed by atoms with Crippen LogP contribution >= 0.6 is 15.6 Å². The van der Waals surface area contributed by atoms with Crippen LogP contribution in [0.15, 0.2) is 0 Å². The maximum Gasteiger partial charge on any atom is 0.472 e. The minimum atomic E-state index is -4.96. The van der Waals surface area contributed by atoms with E-state index in [1.54, 1.807) is 0 Å². The molecule has 0 saturated heterocycles. The van der Waals surface area contributed by atoms with Gasteiger partial charge in [-0.2, -0.15) is 0 Å². The summed E-state index contributed by atoms with van der Waals surface area (Å²) in [5, 5.41) is 10.7. The highest BCUT2D eigenvalue weighted by atomic mass is 31.2. The van der Waals surface area contributed by atoms with Gasteiger partial charge in [0.2, 0.25) is 0 Å². The van der Waals surface area contributed by atoms with Crippen LogP contribution in [0, 0.1) is 5.92 Å². The first kappa shape index (κ1) is 102. The van der Waals surface area contributed by atoms with E-state index in [0.717, 1.165) is 95.8 Å². The van der Waals surface area contributed by atoms with Gasteiger partial charge < -0.3 is 33.8 Å². The number of phosphoric acid groups is 2. The molecule has 0 aromatic rings. The van der Waals surface area contributed by atoms with Gasteiger partial charge in [-0.3, -0.25) is 37.3 Å². The van der Waals surface area contributed by atoms with Crippen LogP contribution in [0.5, 0.6) is 0 Å². The average molecular weight is 1520 g/mol. The topological polar surface area (TPSA) is 237 Å². The molecule has 0 bridgehead atoms. The summed E-state index contributed by atoms with van der Waals surface area (Å²) in [5.74, 6) is -1.32. The van der Waals surface area contributed by atoms with Crippen LogP contribution < -0.4 is 0 Å². The van der Waals surface area contributed by atoms with Crippen molar-refractivity contribution in [2.24, 2.45) is 5.92 Å². The third kappa shape index (κ3) is 78.2. The van der Waals surface area contributed by atoms with E-state index in [0.29, 0.717) is 25.7 Å². The van der Waals surface area contributed by atoms with Gasteiger partial charge in [0.1, 0.15) is 19.3 Å². The second-order valence-corrected chi connectivity index (χ2v) is 34.0. The molecule has 2 unspecified atom stereocenters. The number of carbonyl (C=O) groups is 4. The van der Waals surface area contributed by atoms with Gasteiger partial charge in [-0.1, -0.05) is 407 Å². The molecule has 0 heterocycles. The molecular formula is C85H166O17P2. The third-order valence-electron chi connectivity index (χ3n) is 20.0. The molecule has 0 aromatic carbocycles. The standard InChI is InChI=1S/C85H166O17P2/c1-6-9-12-15-18-21-24-27-29-30-31-32-33-34-36-39-46-51-56-61-66-71-85(90)102-81(75-96-83(88)69-64-59-54-49-44-41-40-42-47-52-57-62-67-78(4)5)77-100-104(93,94)98-73-79(86)72-97-103(91,92)99-76-80(74-95-82(87)68-63-58-53-48-43-37-26-23-20-17-14-11-8-3)101-84(89)70-65-60-55-50-45-38-35-28-25-22-19-16-13-10-7-2/h78-81,86H,6-77H2,1-5H3,(H,91,92)(H,93,94)/t79-,80+,81+/m0/s1. The Morgan fingerprint density at radius 3 is 0.654 bits per heavy atom. The smallest absolute Gasteiger partial charge is 0.462 e. The number of rotatable bonds is 85. The molecule has 3 N–H and O–H groups in total. The van der Waals surface area contributed by atoms with E-state index in [1.807, 2.05) is 0 Å². The van der Waals surface area contributed by atoms with E-state index in [1.165, 1.54) is 283 Å². The maximum absolute atomic E-state index is 13.1. The van der Waals surface area contributed by atoms with Gasteiger partial charge in [0.15, 0.2) is 12.2 Å². The summed E-state index contributed by atoms with van der Waals surface area (Å²) in [4.78, 5) is 73.2. The molecule has 19 heteroatoms. The number of esters is 4. The molecule has 17 nitrogen and oxygen atoms in total. The number of hydrogen-bond acceptors (Lipinski definition) is 15. The van der Waals surface area contributed by atoms with Gasteiger partial charge in [-0.05, 0) is 31.6 Å². The first-order valence-corrected chi connectivity index (χ1v) is 47.1. The normalized spacial score (nSPS) is 13.8. The van der Waals surface area contributed by atoms with Crippen LogP contribution in [0.3, 0.4) is 0 Å². The number of aliphatic hydroxyl groups is 1. The van der Waals surface area contributed by atoms with Gasteiger partial charge in [0, 0.05) is 25.7 Å². The van der Waals surface area contributed by atoms with Gasteiger partial charge in [-0.25, -0.2) is 9.13 Å². The zero-order valence-corrected chi connectivity index (χ0v) is 70.0. The van der Waals surface area contributed by atoms with Crippen LogP contribution in [0.4, 0.5) is 0 Å². The Bertz CT molecular complexity index is 1980. The molecule has 618 valence electrons. The highest BCUT2D eigenvalue weighted by Crippen LogP contribution is 2.45. The highest BCUT2D eigenvalue weighted by molar-refractivity contribution is 7.47. The number of hydrogen-bond donors (Lipinski definition) is 3. The van der Waals surface area contributed by atoms with Crippen LogP contribution in [-0.4, -0.2) is 96.7 Å². The second kappa shape index (κ2) is 77.8. The lowest BCUT2D eigenvalue weighted by Gasteiger charge is -2.21. The van der Waals surface area contributed by atoms with E-state index in [9.17, 15) is 43.2 Å². The number of unbranched alkanes of at least 4 members (excludes halogenated alkanes) is 57. The summed E-state index contributed by atoms with van der Waals surface area (Å²) in [6.07, 6.45) is 70.7. The Balaban J connectivity index is 5.25. The monoisotopic (exact) mass is 1520 g/mol. The summed E-state index contributed by atoms with van der Waals surface area (Å²) >= 11 is 0. The van der Waals surface area contributed by atoms with Gasteiger partial charge in [0.25, 0.3) is 0 Å². The van der Waals surface area contributed by atoms with Crippen molar-refractivity contribution in [2.75, 3.05) is 39.6 Å². The molecule has 0 radical (unpaired) electrons. The first-order valence-electron chi connectivity index (χ1n) is 44.1. The third-order valence-corrected chi connectivity index (χ3v) is 21.9. The fourth-order valence-electron chi connectivity index (χ4n) is 13.3. The number of phosphoric ester groups is 2. The van der Waals surface area contributed by atoms with Crippen molar-refractivity contribution < 1.29 is 80.2 Å². The number of aliphatic hydroxyl groups excluding tert-OH is 1. The fourth-order valence-corrected chi connectivity index (χ4v) is 14.9. The molecular weight excluding hydrogens is 1350 g/mol. The number of carbonyl (C=O) groups excluding carboxylic acids is 4. The fraction of sp³-hybridized carbons (Fsp3) is 0.953. The molecule has 104 heavy (non-hydrogen) atoms. The Kier molecular flexibility index (Phi) is 76.3. The zero-order chi connectivity index (χ0) is 76.2. The lowest BCUT2D eigenvalue weighted by molar-refractivity contribution is -0.161. The van der Waals surface area contributed by atoms with E-state index in [-0.39, 0.29) is 25.7 Å². The summed E-state index contributed by atoms with van der Waals surface area (Å²) in [7, 11) is -9.93. The van der Waals surface area contributed by atoms with Crippen LogP contribution in [0.1, 0.15) is 458 Å². The molecule has 0 fully saturated rings. The molecule has 0 aromatic heterocycles. The molecule has 5 atom stereocenters. The van der Waals surface area contributed by atoms with Crippen molar-refractivity contribution in [3.05, 3.63) is 0 Å². The molecule has 0 aliphatic heterocycles. The van der Waals surface area contributed by atoms with Crippen molar-refractivity contribution in [1.82, 2.24) is 0 Å². The van der Waals surface area contributed by atoms with Gasteiger partial charge in [0.05, 0.1) is 26.4 Å². The molecule has 0 rings (SSSR count). The first-order chi connectivity index (χ1) is 50.5. The summed E-state index contributed by atoms with van der Waals surface area (Å²) < 4.78 is 68.9. The average Bonchev–Trinajstić information content (AvgIpc) is 0.911. The number of ether oxygens (including phenoxy) is 4. The van der Waals surface area contributed by atoms with Crippen LogP contribution in [0.2, 0.25) is 0 Å². The van der Waals surface area contributed by atoms with Crippen molar-refractivity contribution in [3.8, 4) is 0 Å². The minimum Gasteiger partial charge on any atom is -0.462 e. The molecule has 0 spiro atoms. The largest absolute Gasteiger partial charge is 0.472 e. The van der Waals surface area contributed by atoms with Gasteiger partial charge >= 0.3 is 39.5 Å².